The quantitative estimate of drug-likeness (QED) is 0.382. The molecule has 0 bridgehead atoms. The van der Waals surface area contributed by atoms with Crippen molar-refractivity contribution >= 4 is 12.0 Å². The Bertz CT molecular complexity index is 1090. The number of amides is 1. The van der Waals surface area contributed by atoms with Gasteiger partial charge in [-0.3, -0.25) is 4.79 Å². The van der Waals surface area contributed by atoms with E-state index in [0.717, 1.165) is 11.3 Å². The zero-order chi connectivity index (χ0) is 20.6. The molecule has 0 radical (unpaired) electrons. The largest absolute Gasteiger partial charge is 0.496 e. The Balaban J connectivity index is 2.15. The van der Waals surface area contributed by atoms with Crippen molar-refractivity contribution < 1.29 is 9.53 Å². The highest BCUT2D eigenvalue weighted by atomic mass is 16.5. The number of nitrogens with one attached hydrogen (secondary N) is 1. The molecule has 1 N–H and O–H groups in total. The van der Waals surface area contributed by atoms with Crippen molar-refractivity contribution in [2.45, 2.75) is 0 Å². The molecule has 1 heterocycles. The molecule has 6 nitrogen and oxygen atoms in total. The molecule has 2 aromatic carbocycles. The van der Waals surface area contributed by atoms with Gasteiger partial charge in [0.1, 0.15) is 23.1 Å². The maximum absolute atomic E-state index is 12.3. The number of para-hydroxylation sites is 2. The minimum absolute atomic E-state index is 0.0180. The molecule has 0 saturated carbocycles. The molecule has 0 unspecified atom stereocenters. The lowest BCUT2D eigenvalue weighted by molar-refractivity contribution is -0.116. The number of benzene rings is 2. The van der Waals surface area contributed by atoms with Gasteiger partial charge in [-0.2, -0.15) is 10.4 Å². The third-order valence-corrected chi connectivity index (χ3v) is 4.20. The lowest BCUT2D eigenvalue weighted by atomic mass is 10.0. The van der Waals surface area contributed by atoms with E-state index in [2.05, 4.69) is 11.9 Å². The molecule has 0 aliphatic rings. The highest BCUT2D eigenvalue weighted by Crippen LogP contribution is 2.32. The maximum Gasteiger partial charge on any atom is 0.262 e. The third kappa shape index (κ3) is 4.42. The first kappa shape index (κ1) is 19.6. The second kappa shape index (κ2) is 9.20. The van der Waals surface area contributed by atoms with Crippen molar-refractivity contribution in [1.82, 2.24) is 15.1 Å². The van der Waals surface area contributed by atoms with E-state index >= 15 is 0 Å². The second-order valence-electron chi connectivity index (χ2n) is 6.08. The van der Waals surface area contributed by atoms with E-state index in [1.165, 1.54) is 6.08 Å². The minimum Gasteiger partial charge on any atom is -0.496 e. The zero-order valence-corrected chi connectivity index (χ0v) is 16.0. The van der Waals surface area contributed by atoms with Crippen molar-refractivity contribution in [3.05, 3.63) is 84.6 Å². The number of methoxy groups -OCH3 is 1. The minimum atomic E-state index is -0.467. The molecule has 1 aromatic heterocycles. The summed E-state index contributed by atoms with van der Waals surface area (Å²) in [5, 5.41) is 16.8. The molecule has 0 atom stereocenters. The number of nitrogens with zero attached hydrogens (tertiary/aromatic N) is 3. The van der Waals surface area contributed by atoms with E-state index in [1.807, 2.05) is 60.7 Å². The predicted octanol–water partition coefficient (Wildman–Crippen LogP) is 3.76. The SMILES string of the molecule is C=CCNC(=O)/C(C#N)=C/c1cn(-c2ccccc2)nc1-c1ccccc1OC. The fourth-order valence-electron chi connectivity index (χ4n) is 2.82. The predicted molar refractivity (Wildman–Crippen MR) is 112 cm³/mol. The fourth-order valence-corrected chi connectivity index (χ4v) is 2.82. The van der Waals surface area contributed by atoms with Crippen LogP contribution in [0.4, 0.5) is 0 Å². The average molecular weight is 384 g/mol. The van der Waals surface area contributed by atoms with Gasteiger partial charge in [0.15, 0.2) is 0 Å². The summed E-state index contributed by atoms with van der Waals surface area (Å²) >= 11 is 0. The van der Waals surface area contributed by atoms with Gasteiger partial charge in [-0.05, 0) is 30.3 Å². The molecule has 0 saturated heterocycles. The maximum atomic E-state index is 12.3. The van der Waals surface area contributed by atoms with Crippen LogP contribution in [0.1, 0.15) is 5.56 Å². The molecule has 0 aliphatic carbocycles. The highest BCUT2D eigenvalue weighted by Gasteiger charge is 2.17. The number of hydrogen-bond donors (Lipinski definition) is 1. The normalized spacial score (nSPS) is 10.8. The Labute approximate surface area is 169 Å². The molecule has 0 fully saturated rings. The van der Waals surface area contributed by atoms with Crippen LogP contribution in [-0.4, -0.2) is 29.3 Å². The number of ether oxygens (including phenoxy) is 1. The molecule has 29 heavy (non-hydrogen) atoms. The van der Waals surface area contributed by atoms with Crippen LogP contribution in [0.5, 0.6) is 5.75 Å². The first-order valence-corrected chi connectivity index (χ1v) is 8.97. The summed E-state index contributed by atoms with van der Waals surface area (Å²) in [4.78, 5) is 12.3. The summed E-state index contributed by atoms with van der Waals surface area (Å²) in [5.74, 6) is 0.181. The fraction of sp³-hybridized carbons (Fsp3) is 0.0870. The number of rotatable bonds is 7. The second-order valence-corrected chi connectivity index (χ2v) is 6.08. The van der Waals surface area contributed by atoms with Crippen LogP contribution in [0, 0.1) is 11.3 Å². The van der Waals surface area contributed by atoms with Gasteiger partial charge in [0.05, 0.1) is 12.8 Å². The van der Waals surface area contributed by atoms with Crippen LogP contribution in [0.3, 0.4) is 0 Å². The van der Waals surface area contributed by atoms with Crippen LogP contribution in [0.2, 0.25) is 0 Å². The molecule has 144 valence electrons. The monoisotopic (exact) mass is 384 g/mol. The summed E-state index contributed by atoms with van der Waals surface area (Å²) in [6, 6.07) is 19.0. The Hall–Kier alpha value is -4.11. The van der Waals surface area contributed by atoms with Gasteiger partial charge in [0, 0.05) is 23.9 Å². The number of nitriles is 1. The van der Waals surface area contributed by atoms with E-state index in [-0.39, 0.29) is 12.1 Å². The van der Waals surface area contributed by atoms with Crippen molar-refractivity contribution in [2.24, 2.45) is 0 Å². The lowest BCUT2D eigenvalue weighted by Crippen LogP contribution is -2.24. The lowest BCUT2D eigenvalue weighted by Gasteiger charge is -2.07. The number of carbonyl (C=O) groups excluding carboxylic acids is 1. The van der Waals surface area contributed by atoms with E-state index in [0.29, 0.717) is 17.0 Å². The van der Waals surface area contributed by atoms with E-state index < -0.39 is 5.91 Å². The summed E-state index contributed by atoms with van der Waals surface area (Å²) < 4.78 is 7.19. The van der Waals surface area contributed by atoms with Gasteiger partial charge in [0.25, 0.3) is 5.91 Å². The molecule has 0 aliphatic heterocycles. The Morgan fingerprint density at radius 1 is 1.24 bits per heavy atom. The van der Waals surface area contributed by atoms with Gasteiger partial charge in [-0.25, -0.2) is 4.68 Å². The van der Waals surface area contributed by atoms with Gasteiger partial charge in [-0.1, -0.05) is 36.4 Å². The molecular weight excluding hydrogens is 364 g/mol. The summed E-state index contributed by atoms with van der Waals surface area (Å²) in [6.07, 6.45) is 4.88. The number of aromatic nitrogens is 2. The summed E-state index contributed by atoms with van der Waals surface area (Å²) in [7, 11) is 1.59. The van der Waals surface area contributed by atoms with Gasteiger partial charge >= 0.3 is 0 Å². The van der Waals surface area contributed by atoms with Gasteiger partial charge in [0.2, 0.25) is 0 Å². The van der Waals surface area contributed by atoms with Crippen molar-refractivity contribution in [1.29, 1.82) is 5.26 Å². The average Bonchev–Trinajstić information content (AvgIpc) is 3.20. The molecule has 6 heteroatoms. The van der Waals surface area contributed by atoms with Crippen LogP contribution in [0.25, 0.3) is 23.0 Å². The smallest absolute Gasteiger partial charge is 0.262 e. The highest BCUT2D eigenvalue weighted by molar-refractivity contribution is 6.02. The Morgan fingerprint density at radius 3 is 2.66 bits per heavy atom. The number of carbonyl (C=O) groups is 1. The summed E-state index contributed by atoms with van der Waals surface area (Å²) in [5.41, 5.74) is 2.84. The third-order valence-electron chi connectivity index (χ3n) is 4.20. The first-order valence-electron chi connectivity index (χ1n) is 8.97. The zero-order valence-electron chi connectivity index (χ0n) is 16.0. The van der Waals surface area contributed by atoms with Crippen molar-refractivity contribution in [3.8, 4) is 28.8 Å². The first-order chi connectivity index (χ1) is 14.2. The van der Waals surface area contributed by atoms with E-state index in [1.54, 1.807) is 24.1 Å². The van der Waals surface area contributed by atoms with E-state index in [4.69, 9.17) is 9.84 Å². The van der Waals surface area contributed by atoms with Crippen LogP contribution < -0.4 is 10.1 Å². The molecule has 3 aromatic rings. The van der Waals surface area contributed by atoms with Gasteiger partial charge in [-0.15, -0.1) is 6.58 Å². The Kier molecular flexibility index (Phi) is 6.23. The Morgan fingerprint density at radius 2 is 1.97 bits per heavy atom. The number of hydrogen-bond acceptors (Lipinski definition) is 4. The van der Waals surface area contributed by atoms with Crippen LogP contribution >= 0.6 is 0 Å². The molecule has 3 rings (SSSR count). The molecule has 1 amide bonds. The summed E-state index contributed by atoms with van der Waals surface area (Å²) in [6.45, 7) is 3.85. The van der Waals surface area contributed by atoms with Gasteiger partial charge < -0.3 is 10.1 Å². The van der Waals surface area contributed by atoms with Crippen molar-refractivity contribution in [3.63, 3.8) is 0 Å². The topological polar surface area (TPSA) is 79.9 Å². The van der Waals surface area contributed by atoms with Crippen molar-refractivity contribution in [2.75, 3.05) is 13.7 Å². The molecule has 0 spiro atoms. The van der Waals surface area contributed by atoms with Crippen LogP contribution in [-0.2, 0) is 4.79 Å². The van der Waals surface area contributed by atoms with E-state index in [9.17, 15) is 10.1 Å². The standard InChI is InChI=1S/C23H20N4O2/c1-3-13-25-23(28)17(15-24)14-18-16-27(19-9-5-4-6-10-19)26-22(18)20-11-7-8-12-21(20)29-2/h3-12,14,16H,1,13H2,2H3,(H,25,28)/b17-14+. The van der Waals surface area contributed by atoms with Crippen LogP contribution in [0.15, 0.2) is 79.0 Å². The molecular formula is C23H20N4O2.